The first-order valence-electron chi connectivity index (χ1n) is 11.9. The van der Waals surface area contributed by atoms with E-state index in [9.17, 15) is 9.18 Å². The third kappa shape index (κ3) is 5.96. The van der Waals surface area contributed by atoms with E-state index in [2.05, 4.69) is 10.2 Å². The van der Waals surface area contributed by atoms with E-state index in [1.807, 2.05) is 18.9 Å². The number of para-hydroxylation sites is 1. The van der Waals surface area contributed by atoms with Gasteiger partial charge in [-0.2, -0.15) is 0 Å². The smallest absolute Gasteiger partial charge is 0.235 e. The number of carbonyl (C=O) groups is 1. The second-order valence-electron chi connectivity index (χ2n) is 8.65. The van der Waals surface area contributed by atoms with Crippen molar-refractivity contribution >= 4 is 17.7 Å². The summed E-state index contributed by atoms with van der Waals surface area (Å²) in [5.74, 6) is 1.43. The Hall–Kier alpha value is -3.07. The van der Waals surface area contributed by atoms with E-state index < -0.39 is 11.1 Å². The van der Waals surface area contributed by atoms with Gasteiger partial charge in [0.2, 0.25) is 5.91 Å². The van der Waals surface area contributed by atoms with Crippen molar-refractivity contribution in [2.75, 3.05) is 14.2 Å². The molecule has 35 heavy (non-hydrogen) atoms. The van der Waals surface area contributed by atoms with Gasteiger partial charge in [-0.05, 0) is 56.2 Å². The van der Waals surface area contributed by atoms with Crippen LogP contribution < -0.4 is 9.47 Å². The van der Waals surface area contributed by atoms with Crippen LogP contribution in [0.5, 0.6) is 11.5 Å². The number of methoxy groups -OCH3 is 1. The maximum atomic E-state index is 14.8. The number of carbonyl (C=O) groups excluding carboxylic acids is 1. The van der Waals surface area contributed by atoms with Crippen LogP contribution in [-0.2, 0) is 11.4 Å². The third-order valence-electron chi connectivity index (χ3n) is 6.32. The summed E-state index contributed by atoms with van der Waals surface area (Å²) in [4.78, 5) is 15.0. The summed E-state index contributed by atoms with van der Waals surface area (Å²) in [6.07, 6.45) is 5.62. The lowest BCUT2D eigenvalue weighted by molar-refractivity contribution is -0.131. The summed E-state index contributed by atoms with van der Waals surface area (Å²) in [6, 6.07) is 13.9. The third-order valence-corrected chi connectivity index (χ3v) is 7.35. The lowest BCUT2D eigenvalue weighted by Gasteiger charge is -2.32. The van der Waals surface area contributed by atoms with E-state index in [0.717, 1.165) is 31.4 Å². The predicted molar refractivity (Wildman–Crippen MR) is 134 cm³/mol. The van der Waals surface area contributed by atoms with Crippen LogP contribution in [0.25, 0.3) is 5.69 Å². The molecule has 0 spiro atoms. The van der Waals surface area contributed by atoms with Crippen LogP contribution in [0.15, 0.2) is 53.7 Å². The Kier molecular flexibility index (Phi) is 8.28. The number of aromatic nitrogens is 3. The molecule has 1 heterocycles. The van der Waals surface area contributed by atoms with Crippen molar-refractivity contribution in [3.8, 4) is 17.2 Å². The molecule has 0 aliphatic heterocycles. The molecule has 1 aromatic heterocycles. The molecule has 7 nitrogen and oxygen atoms in total. The number of nitrogens with zero attached hydrogens (tertiary/aromatic N) is 4. The molecule has 186 valence electrons. The fourth-order valence-electron chi connectivity index (χ4n) is 4.31. The van der Waals surface area contributed by atoms with Crippen LogP contribution in [0.1, 0.15) is 44.9 Å². The van der Waals surface area contributed by atoms with Crippen molar-refractivity contribution in [2.24, 2.45) is 0 Å². The first-order chi connectivity index (χ1) is 17.0. The van der Waals surface area contributed by atoms with Gasteiger partial charge in [0.15, 0.2) is 11.0 Å². The summed E-state index contributed by atoms with van der Waals surface area (Å²) in [6.45, 7) is 1.94. The molecule has 0 radical (unpaired) electrons. The Labute approximate surface area is 209 Å². The lowest BCUT2D eigenvalue weighted by atomic mass is 9.94. The Morgan fingerprint density at radius 3 is 2.49 bits per heavy atom. The van der Waals surface area contributed by atoms with Crippen LogP contribution in [0.3, 0.4) is 0 Å². The highest BCUT2D eigenvalue weighted by molar-refractivity contribution is 8.00. The molecule has 1 saturated carbocycles. The van der Waals surface area contributed by atoms with Crippen molar-refractivity contribution in [3.63, 3.8) is 0 Å². The maximum absolute atomic E-state index is 14.8. The van der Waals surface area contributed by atoms with Gasteiger partial charge in [0.25, 0.3) is 0 Å². The molecular formula is C26H31FN4O3S. The molecular weight excluding hydrogens is 467 g/mol. The first kappa shape index (κ1) is 25.0. The number of halogens is 1. The molecule has 9 heteroatoms. The van der Waals surface area contributed by atoms with Gasteiger partial charge in [0.05, 0.1) is 18.0 Å². The highest BCUT2D eigenvalue weighted by Gasteiger charge is 2.28. The number of rotatable bonds is 9. The number of amides is 1. The molecule has 1 unspecified atom stereocenters. The Morgan fingerprint density at radius 2 is 1.80 bits per heavy atom. The van der Waals surface area contributed by atoms with Gasteiger partial charge < -0.3 is 14.4 Å². The van der Waals surface area contributed by atoms with Gasteiger partial charge in [-0.15, -0.1) is 10.2 Å². The molecule has 3 aromatic rings. The van der Waals surface area contributed by atoms with Crippen molar-refractivity contribution < 1.29 is 18.7 Å². The van der Waals surface area contributed by atoms with Gasteiger partial charge in [-0.1, -0.05) is 43.2 Å². The quantitative estimate of drug-likeness (QED) is 0.375. The van der Waals surface area contributed by atoms with Crippen LogP contribution in [0, 0.1) is 5.82 Å². The summed E-state index contributed by atoms with van der Waals surface area (Å²) in [5.41, 5.74) is 0.314. The van der Waals surface area contributed by atoms with Gasteiger partial charge in [-0.25, -0.2) is 4.39 Å². The molecule has 0 bridgehead atoms. The van der Waals surface area contributed by atoms with Gasteiger partial charge in [0.1, 0.15) is 23.9 Å². The molecule has 0 N–H and O–H groups in total. The van der Waals surface area contributed by atoms with Crippen molar-refractivity contribution in [1.29, 1.82) is 0 Å². The fraction of sp³-hybridized carbons (Fsp3) is 0.423. The van der Waals surface area contributed by atoms with Crippen molar-refractivity contribution in [1.82, 2.24) is 19.7 Å². The van der Waals surface area contributed by atoms with Crippen LogP contribution in [-0.4, -0.2) is 51.0 Å². The average molecular weight is 499 g/mol. The molecule has 1 fully saturated rings. The molecule has 4 rings (SSSR count). The summed E-state index contributed by atoms with van der Waals surface area (Å²) in [5, 5.41) is 8.64. The summed E-state index contributed by atoms with van der Waals surface area (Å²) >= 11 is 1.28. The highest BCUT2D eigenvalue weighted by atomic mass is 32.2. The maximum Gasteiger partial charge on any atom is 0.235 e. The molecule has 1 aliphatic rings. The zero-order valence-corrected chi connectivity index (χ0v) is 21.1. The Bertz CT molecular complexity index is 1130. The molecule has 1 atom stereocenters. The molecule has 1 amide bonds. The minimum absolute atomic E-state index is 0.0426. The predicted octanol–water partition coefficient (Wildman–Crippen LogP) is 5.27. The topological polar surface area (TPSA) is 69.5 Å². The lowest BCUT2D eigenvalue weighted by Crippen LogP contribution is -2.42. The highest BCUT2D eigenvalue weighted by Crippen LogP contribution is 2.30. The van der Waals surface area contributed by atoms with Crippen LogP contribution in [0.2, 0.25) is 0 Å². The van der Waals surface area contributed by atoms with Gasteiger partial charge in [0, 0.05) is 13.1 Å². The van der Waals surface area contributed by atoms with Crippen LogP contribution >= 0.6 is 11.8 Å². The molecule has 0 saturated heterocycles. The monoisotopic (exact) mass is 498 g/mol. The summed E-state index contributed by atoms with van der Waals surface area (Å²) < 4.78 is 27.5. The Morgan fingerprint density at radius 1 is 1.11 bits per heavy atom. The van der Waals surface area contributed by atoms with E-state index in [-0.39, 0.29) is 18.6 Å². The second-order valence-corrected chi connectivity index (χ2v) is 9.96. The normalized spacial score (nSPS) is 15.0. The SMILES string of the molecule is COc1ccc(OCc2nnc(SC(C)C(=O)N(C)C3CCCCC3)n2-c2ccccc2F)cc1. The molecule has 2 aromatic carbocycles. The first-order valence-corrected chi connectivity index (χ1v) is 12.7. The minimum Gasteiger partial charge on any atom is -0.497 e. The largest absolute Gasteiger partial charge is 0.497 e. The number of ether oxygens (including phenoxy) is 2. The number of hydrogen-bond donors (Lipinski definition) is 0. The van der Waals surface area contributed by atoms with Gasteiger partial charge in [-0.3, -0.25) is 9.36 Å². The number of thioether (sulfide) groups is 1. The van der Waals surface area contributed by atoms with Gasteiger partial charge >= 0.3 is 0 Å². The number of hydrogen-bond acceptors (Lipinski definition) is 6. The van der Waals surface area contributed by atoms with Crippen LogP contribution in [0.4, 0.5) is 4.39 Å². The fourth-order valence-corrected chi connectivity index (χ4v) is 5.29. The second kappa shape index (κ2) is 11.6. The van der Waals surface area contributed by atoms with E-state index in [1.54, 1.807) is 54.1 Å². The summed E-state index contributed by atoms with van der Waals surface area (Å²) in [7, 11) is 3.48. The van der Waals surface area contributed by atoms with E-state index in [1.165, 1.54) is 24.2 Å². The van der Waals surface area contributed by atoms with E-state index in [4.69, 9.17) is 9.47 Å². The zero-order valence-electron chi connectivity index (χ0n) is 20.3. The van der Waals surface area contributed by atoms with E-state index in [0.29, 0.717) is 22.4 Å². The zero-order chi connectivity index (χ0) is 24.8. The van der Waals surface area contributed by atoms with Crippen molar-refractivity contribution in [3.05, 3.63) is 60.2 Å². The van der Waals surface area contributed by atoms with E-state index >= 15 is 0 Å². The minimum atomic E-state index is -0.404. The Balaban J connectivity index is 1.55. The number of benzene rings is 2. The molecule has 1 aliphatic carbocycles. The standard InChI is InChI=1S/C26H31FN4O3S/c1-18(25(32)30(2)19-9-5-4-6-10-19)35-26-29-28-24(31(26)23-12-8-7-11-22(23)27)17-34-21-15-13-20(33-3)14-16-21/h7-8,11-16,18-19H,4-6,9-10,17H2,1-3H3. The van der Waals surface area contributed by atoms with Crippen molar-refractivity contribution in [2.45, 2.75) is 62.1 Å². The average Bonchev–Trinajstić information content (AvgIpc) is 3.29.